The minimum atomic E-state index is -1.26. The molecule has 0 aromatic rings. The summed E-state index contributed by atoms with van der Waals surface area (Å²) >= 11 is 0. The van der Waals surface area contributed by atoms with Crippen molar-refractivity contribution in [3.63, 3.8) is 0 Å². The number of aliphatic carboxylic acids is 2. The van der Waals surface area contributed by atoms with Gasteiger partial charge in [-0.15, -0.1) is 0 Å². The number of hydrogen-bond acceptors (Lipinski definition) is 6. The second-order valence-electron chi connectivity index (χ2n) is 12.4. The molecule has 8 nitrogen and oxygen atoms in total. The van der Waals surface area contributed by atoms with Crippen LogP contribution < -0.4 is 5.73 Å². The highest BCUT2D eigenvalue weighted by Gasteiger charge is 2.62. The van der Waals surface area contributed by atoms with Gasteiger partial charge in [-0.1, -0.05) is 32.9 Å². The van der Waals surface area contributed by atoms with E-state index in [0.717, 1.165) is 37.0 Å². The first-order valence-corrected chi connectivity index (χ1v) is 13.6. The average molecular weight is 507 g/mol. The zero-order chi connectivity index (χ0) is 26.7. The number of rotatable bonds is 6. The molecule has 0 amide bonds. The third-order valence-corrected chi connectivity index (χ3v) is 10.3. The van der Waals surface area contributed by atoms with Crippen molar-refractivity contribution in [2.24, 2.45) is 50.8 Å². The van der Waals surface area contributed by atoms with Gasteiger partial charge in [0.1, 0.15) is 6.61 Å². The van der Waals surface area contributed by atoms with Crippen LogP contribution in [0.1, 0.15) is 85.5 Å². The van der Waals surface area contributed by atoms with Gasteiger partial charge in [0.25, 0.3) is 0 Å². The van der Waals surface area contributed by atoms with Crippen LogP contribution in [0, 0.1) is 39.9 Å². The van der Waals surface area contributed by atoms with Crippen LogP contribution in [0.4, 0.5) is 0 Å². The number of carboxylic acids is 2. The number of nitrogens with zero attached hydrogens (tertiary/aromatic N) is 1. The molecule has 4 aliphatic carbocycles. The summed E-state index contributed by atoms with van der Waals surface area (Å²) in [5.41, 5.74) is 7.53. The predicted molar refractivity (Wildman–Crippen MR) is 138 cm³/mol. The lowest BCUT2D eigenvalue weighted by atomic mass is 9.41. The van der Waals surface area contributed by atoms with Crippen LogP contribution >= 0.6 is 0 Å². The smallest absolute Gasteiger partial charge is 0.328 e. The lowest BCUT2D eigenvalue weighted by Crippen LogP contribution is -2.58. The molecule has 5 N–H and O–H groups in total. The molecule has 4 fully saturated rings. The summed E-state index contributed by atoms with van der Waals surface area (Å²) in [6.45, 7) is 11.1. The van der Waals surface area contributed by atoms with Gasteiger partial charge in [0.15, 0.2) is 0 Å². The summed E-state index contributed by atoms with van der Waals surface area (Å²) in [5.74, 6) is 0.528. The van der Waals surface area contributed by atoms with E-state index < -0.39 is 11.9 Å². The second kappa shape index (κ2) is 11.2. The van der Waals surface area contributed by atoms with Crippen LogP contribution in [-0.4, -0.2) is 52.2 Å². The predicted octanol–water partition coefficient (Wildman–Crippen LogP) is 4.46. The van der Waals surface area contributed by atoms with Crippen LogP contribution in [0.3, 0.4) is 0 Å². The maximum atomic E-state index is 10.7. The number of hydrogen-bond donors (Lipinski definition) is 4. The van der Waals surface area contributed by atoms with E-state index in [1.165, 1.54) is 44.2 Å². The molecule has 0 saturated heterocycles. The summed E-state index contributed by atoms with van der Waals surface area (Å²) < 4.78 is 0. The molecule has 4 aliphatic rings. The van der Waals surface area contributed by atoms with E-state index >= 15 is 0 Å². The van der Waals surface area contributed by atoms with Crippen molar-refractivity contribution in [3.05, 3.63) is 12.2 Å². The highest BCUT2D eigenvalue weighted by molar-refractivity contribution is 5.90. The van der Waals surface area contributed by atoms with Gasteiger partial charge in [0, 0.05) is 17.6 Å². The summed E-state index contributed by atoms with van der Waals surface area (Å²) in [4.78, 5) is 24.7. The third-order valence-electron chi connectivity index (χ3n) is 10.3. The Morgan fingerprint density at radius 2 is 1.61 bits per heavy atom. The maximum Gasteiger partial charge on any atom is 0.328 e. The molecule has 0 aliphatic heterocycles. The topological polar surface area (TPSA) is 142 Å². The second-order valence-corrected chi connectivity index (χ2v) is 12.4. The van der Waals surface area contributed by atoms with Crippen LogP contribution in [-0.2, 0) is 14.4 Å². The summed E-state index contributed by atoms with van der Waals surface area (Å²) in [5, 5.41) is 30.9. The van der Waals surface area contributed by atoms with E-state index in [1.807, 2.05) is 0 Å². The highest BCUT2D eigenvalue weighted by atomic mass is 16.6. The first-order chi connectivity index (χ1) is 16.9. The molecule has 204 valence electrons. The van der Waals surface area contributed by atoms with Crippen LogP contribution in [0.5, 0.6) is 0 Å². The Morgan fingerprint density at radius 3 is 2.22 bits per heavy atom. The standard InChI is InChI=1S/C24H42N2O2.C4H4O4/c1-22(2)19-8-6-16-17-7-9-21(27)24(17,4)12-10-18(16)23(19,3)13-11-20(22)26-28-15-5-14-25;5-3(6)1-2-4(7)8/h16-19,21,27H,5-15,25H2,1-4H3;1-2H,(H,5,6)(H,7,8)/b26-20+;2-1+/t16-,17-,18-,19?,21-,23+,24-;/m0./s1. The van der Waals surface area contributed by atoms with E-state index in [9.17, 15) is 14.7 Å². The number of fused-ring (bicyclic) bond motifs is 5. The van der Waals surface area contributed by atoms with Crippen molar-refractivity contribution in [1.29, 1.82) is 0 Å². The molecular formula is C28H46N2O6. The van der Waals surface area contributed by atoms with Gasteiger partial charge in [-0.2, -0.15) is 0 Å². The highest BCUT2D eigenvalue weighted by Crippen LogP contribution is 2.68. The number of carbonyl (C=O) groups is 2. The molecule has 0 heterocycles. The Hall–Kier alpha value is -1.93. The molecule has 0 bridgehead atoms. The summed E-state index contributed by atoms with van der Waals surface area (Å²) in [7, 11) is 0. The molecule has 0 spiro atoms. The molecule has 1 unspecified atom stereocenters. The first kappa shape index (κ1) is 28.6. The Morgan fingerprint density at radius 1 is 0.972 bits per heavy atom. The summed E-state index contributed by atoms with van der Waals surface area (Å²) in [6, 6.07) is 0. The molecule has 0 aromatic heterocycles. The number of nitrogens with two attached hydrogens (primary N) is 1. The van der Waals surface area contributed by atoms with Gasteiger partial charge in [-0.3, -0.25) is 0 Å². The fraction of sp³-hybridized carbons (Fsp3) is 0.821. The molecule has 7 atom stereocenters. The molecule has 4 saturated carbocycles. The minimum absolute atomic E-state index is 0.0730. The minimum Gasteiger partial charge on any atom is -0.478 e. The Balaban J connectivity index is 0.000000392. The van der Waals surface area contributed by atoms with E-state index in [0.29, 0.717) is 36.6 Å². The lowest BCUT2D eigenvalue weighted by Gasteiger charge is -2.63. The average Bonchev–Trinajstić information content (AvgIpc) is 3.11. The van der Waals surface area contributed by atoms with Crippen molar-refractivity contribution in [1.82, 2.24) is 0 Å². The Labute approximate surface area is 215 Å². The van der Waals surface area contributed by atoms with Crippen molar-refractivity contribution in [3.8, 4) is 0 Å². The van der Waals surface area contributed by atoms with Gasteiger partial charge >= 0.3 is 11.9 Å². The van der Waals surface area contributed by atoms with E-state index in [4.69, 9.17) is 20.8 Å². The van der Waals surface area contributed by atoms with E-state index in [2.05, 4.69) is 32.9 Å². The normalized spacial score (nSPS) is 39.9. The molecule has 0 radical (unpaired) electrons. The van der Waals surface area contributed by atoms with Crippen molar-refractivity contribution >= 4 is 17.7 Å². The lowest BCUT2D eigenvalue weighted by molar-refractivity contribution is -0.134. The fourth-order valence-corrected chi connectivity index (χ4v) is 8.46. The van der Waals surface area contributed by atoms with Gasteiger partial charge in [0.05, 0.1) is 11.8 Å². The molecular weight excluding hydrogens is 460 g/mol. The molecule has 0 aromatic carbocycles. The fourth-order valence-electron chi connectivity index (χ4n) is 8.46. The van der Waals surface area contributed by atoms with Crippen LogP contribution in [0.2, 0.25) is 0 Å². The van der Waals surface area contributed by atoms with Gasteiger partial charge in [0.2, 0.25) is 0 Å². The summed E-state index contributed by atoms with van der Waals surface area (Å²) in [6.07, 6.45) is 11.6. The quantitative estimate of drug-likeness (QED) is 0.237. The van der Waals surface area contributed by atoms with Crippen LogP contribution in [0.15, 0.2) is 17.3 Å². The zero-order valence-corrected chi connectivity index (χ0v) is 22.4. The van der Waals surface area contributed by atoms with Crippen molar-refractivity contribution in [2.45, 2.75) is 91.6 Å². The molecule has 4 rings (SSSR count). The number of aliphatic hydroxyl groups excluding tert-OH is 1. The van der Waals surface area contributed by atoms with E-state index in [-0.39, 0.29) is 16.9 Å². The Kier molecular flexibility index (Phi) is 8.92. The molecule has 8 heteroatoms. The molecule has 36 heavy (non-hydrogen) atoms. The van der Waals surface area contributed by atoms with Gasteiger partial charge < -0.3 is 25.9 Å². The number of aliphatic hydroxyl groups is 1. The van der Waals surface area contributed by atoms with Crippen molar-refractivity contribution < 1.29 is 29.7 Å². The number of carboxylic acid groups (broad SMARTS) is 2. The first-order valence-electron chi connectivity index (χ1n) is 13.6. The van der Waals surface area contributed by atoms with Gasteiger partial charge in [-0.05, 0) is 98.8 Å². The van der Waals surface area contributed by atoms with E-state index in [1.54, 1.807) is 0 Å². The monoisotopic (exact) mass is 506 g/mol. The number of oxime groups is 1. The largest absolute Gasteiger partial charge is 0.478 e. The van der Waals surface area contributed by atoms with Gasteiger partial charge in [-0.25, -0.2) is 9.59 Å². The zero-order valence-electron chi connectivity index (χ0n) is 22.4. The maximum absolute atomic E-state index is 10.7. The Bertz CT molecular complexity index is 854. The van der Waals surface area contributed by atoms with Crippen LogP contribution in [0.25, 0.3) is 0 Å². The van der Waals surface area contributed by atoms with Crippen molar-refractivity contribution in [2.75, 3.05) is 13.2 Å². The third kappa shape index (κ3) is 5.49. The SMILES string of the molecule is CC1(C)/C(=N/OCCCN)CC[C@@]2(C)C1CC[C@H]1[C@@H]3CC[C@H](O)[C@@]3(C)CC[C@@H]12.O=C(O)/C=C/C(=O)O.